The highest BCUT2D eigenvalue weighted by Crippen LogP contribution is 2.24. The number of rotatable bonds is 80. The first-order chi connectivity index (χ1) is 64.0. The monoisotopic (exact) mass is 1880 g/mol. The van der Waals surface area contributed by atoms with Gasteiger partial charge in [-0.05, 0) is 116 Å². The third-order valence-electron chi connectivity index (χ3n) is 22.0. The number of carbonyl (C=O) groups is 6. The van der Waals surface area contributed by atoms with Gasteiger partial charge in [0, 0.05) is 156 Å². The molecule has 34 N–H and O–H groups in total. The molecule has 0 radical (unpaired) electrons. The van der Waals surface area contributed by atoms with E-state index >= 15 is 0 Å². The van der Waals surface area contributed by atoms with Gasteiger partial charge in [0.05, 0.1) is 26.2 Å². The van der Waals surface area contributed by atoms with Crippen molar-refractivity contribution >= 4 is 110 Å². The molecule has 48 heteroatoms. The number of nitrogens with two attached hydrogens (primary N) is 8. The van der Waals surface area contributed by atoms with Crippen LogP contribution in [0.15, 0.2) is 0 Å². The van der Waals surface area contributed by atoms with E-state index in [1.165, 1.54) is 0 Å². The molecule has 1 aromatic heterocycles. The second kappa shape index (κ2) is 77.1. The van der Waals surface area contributed by atoms with Gasteiger partial charge in [-0.2, -0.15) is 15.0 Å². The number of nitrogens with zero attached hydrogens (tertiary/aromatic N) is 11. The summed E-state index contributed by atoms with van der Waals surface area (Å²) >= 11 is 0. The summed E-state index contributed by atoms with van der Waals surface area (Å²) in [4.78, 5) is 115. The Hall–Kier alpha value is -11.4. The lowest BCUT2D eigenvalue weighted by atomic mass is 10.0. The molecule has 1 saturated heterocycles. The lowest BCUT2D eigenvalue weighted by molar-refractivity contribution is -0.131. The summed E-state index contributed by atoms with van der Waals surface area (Å²) in [6.45, 7) is 7.86. The predicted octanol–water partition coefficient (Wildman–Crippen LogP) is 2.64. The van der Waals surface area contributed by atoms with Crippen molar-refractivity contribution in [2.24, 2.45) is 45.9 Å². The van der Waals surface area contributed by atoms with Gasteiger partial charge in [-0.3, -0.25) is 52.9 Å². The summed E-state index contributed by atoms with van der Waals surface area (Å²) in [6, 6.07) is -0.654. The van der Waals surface area contributed by atoms with Gasteiger partial charge in [-0.1, -0.05) is 116 Å². The minimum Gasteiger partial charge on any atom is -0.448 e. The zero-order valence-electron chi connectivity index (χ0n) is 80.0. The number of aliphatic hydroxyl groups excluding tert-OH is 1. The maximum atomic E-state index is 14.6. The molecule has 0 aromatic carbocycles. The Morgan fingerprint density at radius 1 is 0.308 bits per heavy atom. The van der Waals surface area contributed by atoms with Crippen LogP contribution in [0.5, 0.6) is 0 Å². The molecule has 1 aliphatic heterocycles. The lowest BCUT2D eigenvalue weighted by Gasteiger charge is -2.35. The summed E-state index contributed by atoms with van der Waals surface area (Å²) in [5.74, 6) is -0.653. The van der Waals surface area contributed by atoms with Gasteiger partial charge in [-0.25, -0.2) is 19.2 Å². The Bertz CT molecular complexity index is 2980. The number of anilines is 3. The Morgan fingerprint density at radius 2 is 0.526 bits per heavy atom. The number of carbonyl (C=O) groups excluding carboxylic acids is 6. The molecule has 1 atom stereocenters. The van der Waals surface area contributed by atoms with Gasteiger partial charge < -0.3 is 157 Å². The molecule has 760 valence electrons. The van der Waals surface area contributed by atoms with Crippen LogP contribution in [-0.4, -0.2) is 332 Å². The standard InChI is InChI=1S/C85H171BN36O11/c86-68(123)67-111-69(124)37-19-1-2-20-38-70(125)115-55-57-116(58-56-115)79-112-80(117(59-63-130-82(126)119(47-29-11-3-21-39-103-71(87)88)48-30-12-4-22-40-104-72(89)90)60-64-131-83(127)120(49-31-13-5-23-41-105-73(91)92)50-32-14-6-24-42-106-74(93)94)114-81(113-79)118(61-65-132-84(128)121(51-33-15-7-25-43-107-75(95)96)52-34-16-8-26-44-108-76(97)98)62-66-133-85(129)122(53-35-17-9-27-45-109-77(99)100)54-36-18-10-28-46-110-78(101)102/h68,123H,1-67,86H2,(H,111,124)(H4,87,88,103)(H4,89,90,104)(H4,91,92,105)(H4,93,94,106)(H4,95,96,107)(H4,97,98,108)(H4,99,100,109)(H4,101,102,110)/t68-/m1/s1. The van der Waals surface area contributed by atoms with Crippen molar-refractivity contribution in [1.82, 2.24) is 87.3 Å². The van der Waals surface area contributed by atoms with E-state index in [1.807, 2.05) is 9.80 Å². The number of amides is 6. The summed E-state index contributed by atoms with van der Waals surface area (Å²) < 4.78 is 25.1. The lowest BCUT2D eigenvalue weighted by Crippen LogP contribution is -2.49. The fourth-order valence-electron chi connectivity index (χ4n) is 14.5. The van der Waals surface area contributed by atoms with Gasteiger partial charge in [-0.15, -0.1) is 0 Å². The number of hydrogen-bond acceptors (Lipinski definition) is 25. The van der Waals surface area contributed by atoms with E-state index in [4.69, 9.17) is 123 Å². The molecule has 2 rings (SSSR count). The van der Waals surface area contributed by atoms with Crippen LogP contribution in [0.2, 0.25) is 0 Å². The van der Waals surface area contributed by atoms with E-state index in [0.717, 1.165) is 167 Å². The van der Waals surface area contributed by atoms with Crippen molar-refractivity contribution in [3.05, 3.63) is 0 Å². The molecule has 1 aliphatic rings. The Balaban J connectivity index is 3.03. The number of nitrogens with one attached hydrogen (secondary N) is 17. The average Bonchev–Trinajstić information content (AvgIpc) is 0.803. The highest BCUT2D eigenvalue weighted by molar-refractivity contribution is 6.11. The minimum atomic E-state index is -0.654. The molecular weight excluding hydrogens is 1710 g/mol. The van der Waals surface area contributed by atoms with Gasteiger partial charge in [0.2, 0.25) is 29.7 Å². The summed E-state index contributed by atoms with van der Waals surface area (Å²) in [7, 11) is 1.61. The van der Waals surface area contributed by atoms with Crippen LogP contribution < -0.4 is 108 Å². The molecule has 6 amide bonds. The van der Waals surface area contributed by atoms with Crippen molar-refractivity contribution in [2.45, 2.75) is 250 Å². The highest BCUT2D eigenvalue weighted by atomic mass is 16.6. The summed E-state index contributed by atoms with van der Waals surface area (Å²) in [5.41, 5.74) is 44.4. The fourth-order valence-corrected chi connectivity index (χ4v) is 14.5. The summed E-state index contributed by atoms with van der Waals surface area (Å²) in [6.07, 6.45) is 25.5. The first-order valence-electron chi connectivity index (χ1n) is 48.6. The minimum absolute atomic E-state index is 0.0317. The number of ether oxygens (including phenoxy) is 4. The van der Waals surface area contributed by atoms with E-state index in [1.54, 1.807) is 37.2 Å². The van der Waals surface area contributed by atoms with Gasteiger partial charge in [0.1, 0.15) is 34.3 Å². The zero-order chi connectivity index (χ0) is 97.7. The van der Waals surface area contributed by atoms with Crippen LogP contribution in [0.1, 0.15) is 244 Å². The molecule has 47 nitrogen and oxygen atoms in total. The number of hydrogen-bond donors (Lipinski definition) is 26. The fraction of sp³-hybridized carbons (Fsp3) is 0.800. The Morgan fingerprint density at radius 3 is 0.752 bits per heavy atom. The largest absolute Gasteiger partial charge is 0.448 e. The smallest absolute Gasteiger partial charge is 0.409 e. The maximum absolute atomic E-state index is 14.6. The molecule has 1 fully saturated rings. The van der Waals surface area contributed by atoms with Gasteiger partial charge in [0.25, 0.3) is 0 Å². The van der Waals surface area contributed by atoms with Crippen molar-refractivity contribution in [1.29, 1.82) is 43.3 Å². The normalized spacial score (nSPS) is 11.8. The number of aliphatic hydroxyl groups is 1. The van der Waals surface area contributed by atoms with E-state index < -0.39 is 30.4 Å². The third kappa shape index (κ3) is 65.8. The van der Waals surface area contributed by atoms with Crippen LogP contribution in [-0.2, 0) is 28.5 Å². The second-order valence-corrected chi connectivity index (χ2v) is 33.6. The molecule has 2 heterocycles. The van der Waals surface area contributed by atoms with Crippen LogP contribution in [0.25, 0.3) is 0 Å². The molecule has 0 unspecified atom stereocenters. The third-order valence-corrected chi connectivity index (χ3v) is 22.0. The number of guanidine groups is 8. The molecule has 0 aliphatic carbocycles. The molecule has 1 aromatic rings. The SMILES string of the molecule is B[C@H](O)CNC(=O)CCCCCCC(=O)N1CCN(c2nc(N(CCOC(=O)N(CCCCCCNC(=N)N)CCCCCCNC(=N)N)CCOC(=O)N(CCCCCCNC(=N)N)CCCCCCNC(=N)N)nc(N(CCOC(=O)N(CCCCCCNC(=N)N)CCCCCCNC(=N)N)CCOC(=O)N(CCCCCCNC(=N)N)CCCCCCNC(=N)N)n2)CC1. The molecular formula is C85H171BN36O11. The van der Waals surface area contributed by atoms with Crippen molar-refractivity contribution in [3.8, 4) is 0 Å². The first-order valence-corrected chi connectivity index (χ1v) is 48.6. The predicted molar refractivity (Wildman–Crippen MR) is 527 cm³/mol. The first kappa shape index (κ1) is 118. The maximum Gasteiger partial charge on any atom is 0.409 e. The summed E-state index contributed by atoms with van der Waals surface area (Å²) in [5, 5.41) is 95.8. The Labute approximate surface area is 790 Å². The van der Waals surface area contributed by atoms with Crippen molar-refractivity contribution in [3.63, 3.8) is 0 Å². The molecule has 0 saturated carbocycles. The number of piperazine rings is 1. The Kier molecular flexibility index (Phi) is 68.2. The zero-order valence-corrected chi connectivity index (χ0v) is 80.0. The number of aromatic nitrogens is 3. The second-order valence-electron chi connectivity index (χ2n) is 33.6. The van der Waals surface area contributed by atoms with Crippen LogP contribution >= 0.6 is 0 Å². The van der Waals surface area contributed by atoms with Crippen molar-refractivity contribution in [2.75, 3.05) is 205 Å². The molecule has 0 bridgehead atoms. The van der Waals surface area contributed by atoms with Crippen LogP contribution in [0.4, 0.5) is 37.0 Å². The van der Waals surface area contributed by atoms with Gasteiger partial charge in [0.15, 0.2) is 47.7 Å². The van der Waals surface area contributed by atoms with Crippen molar-refractivity contribution < 1.29 is 52.8 Å². The van der Waals surface area contributed by atoms with Crippen LogP contribution in [0.3, 0.4) is 0 Å². The van der Waals surface area contributed by atoms with Gasteiger partial charge >= 0.3 is 24.4 Å². The van der Waals surface area contributed by atoms with E-state index in [-0.39, 0.29) is 150 Å². The van der Waals surface area contributed by atoms with E-state index in [2.05, 4.69) is 47.9 Å². The van der Waals surface area contributed by atoms with E-state index in [9.17, 15) is 33.9 Å². The topological polar surface area (TPSA) is 731 Å². The van der Waals surface area contributed by atoms with E-state index in [0.29, 0.717) is 195 Å². The molecule has 0 spiro atoms. The molecule has 133 heavy (non-hydrogen) atoms. The van der Waals surface area contributed by atoms with Crippen LogP contribution in [0, 0.1) is 43.3 Å². The quantitative estimate of drug-likeness (QED) is 0.0146. The average molecular weight is 1880 g/mol. The highest BCUT2D eigenvalue weighted by Gasteiger charge is 2.29. The number of unbranched alkanes of at least 4 members (excludes halogenated alkanes) is 27.